The number of rotatable bonds is 7. The minimum Gasteiger partial charge on any atom is -0.383 e. The van der Waals surface area contributed by atoms with E-state index in [0.717, 1.165) is 31.6 Å². The molecule has 2 fully saturated rings. The summed E-state index contributed by atoms with van der Waals surface area (Å²) < 4.78 is 17.3. The molecule has 2 N–H and O–H groups in total. The number of likely N-dealkylation sites (N-methyl/N-ethyl adjacent to an activating group) is 1. The quantitative estimate of drug-likeness (QED) is 0.387. The standard InChI is InChI=1S/C18H34N4O4/c1-14-5-7-18(8-6-14)25-13-15(26-18)11-20-17(19-9-10-24-4)21-12-16(23)22(2)3/h14-15H,5-13H2,1-4H3,(H2,19,20,21). The molecule has 0 aromatic carbocycles. The molecular weight excluding hydrogens is 336 g/mol. The molecule has 26 heavy (non-hydrogen) atoms. The molecule has 0 aromatic rings. The molecule has 1 spiro atoms. The Kier molecular flexibility index (Phi) is 8.12. The number of hydrogen-bond acceptors (Lipinski definition) is 5. The zero-order valence-corrected chi connectivity index (χ0v) is 16.5. The number of amides is 1. The van der Waals surface area contributed by atoms with Crippen molar-refractivity contribution < 1.29 is 19.0 Å². The Bertz CT molecular complexity index is 476. The Balaban J connectivity index is 1.82. The van der Waals surface area contributed by atoms with Crippen molar-refractivity contribution in [1.82, 2.24) is 15.5 Å². The van der Waals surface area contributed by atoms with Crippen LogP contribution in [0.4, 0.5) is 0 Å². The van der Waals surface area contributed by atoms with Crippen molar-refractivity contribution in [2.75, 3.05) is 54.1 Å². The molecule has 1 amide bonds. The fraction of sp³-hybridized carbons (Fsp3) is 0.889. The maximum Gasteiger partial charge on any atom is 0.243 e. The average Bonchev–Trinajstić information content (AvgIpc) is 3.02. The minimum absolute atomic E-state index is 0.0117. The van der Waals surface area contributed by atoms with Gasteiger partial charge in [-0.05, 0) is 18.8 Å². The fourth-order valence-electron chi connectivity index (χ4n) is 3.13. The van der Waals surface area contributed by atoms with Gasteiger partial charge in [0.2, 0.25) is 5.91 Å². The van der Waals surface area contributed by atoms with E-state index in [1.54, 1.807) is 21.2 Å². The predicted molar refractivity (Wildman–Crippen MR) is 100 cm³/mol. The molecule has 2 aliphatic rings. The highest BCUT2D eigenvalue weighted by Gasteiger charge is 2.43. The number of carbonyl (C=O) groups excluding carboxylic acids is 1. The van der Waals surface area contributed by atoms with Gasteiger partial charge in [-0.2, -0.15) is 0 Å². The third-order valence-corrected chi connectivity index (χ3v) is 4.92. The van der Waals surface area contributed by atoms with Gasteiger partial charge in [-0.15, -0.1) is 0 Å². The van der Waals surface area contributed by atoms with Crippen molar-refractivity contribution in [1.29, 1.82) is 0 Å². The SMILES string of the molecule is COCCNC(=NCC(=O)N(C)C)NCC1COC2(CCC(C)CC2)O1. The summed E-state index contributed by atoms with van der Waals surface area (Å²) in [6.07, 6.45) is 4.22. The summed E-state index contributed by atoms with van der Waals surface area (Å²) in [5.41, 5.74) is 0. The lowest BCUT2D eigenvalue weighted by molar-refractivity contribution is -0.191. The first-order valence-corrected chi connectivity index (χ1v) is 9.47. The second-order valence-electron chi connectivity index (χ2n) is 7.40. The molecule has 1 saturated carbocycles. The number of aliphatic imine (C=N–C) groups is 1. The number of nitrogens with zero attached hydrogens (tertiary/aromatic N) is 2. The van der Waals surface area contributed by atoms with Crippen molar-refractivity contribution in [2.45, 2.75) is 44.5 Å². The van der Waals surface area contributed by atoms with Crippen LogP contribution in [0.25, 0.3) is 0 Å². The second-order valence-corrected chi connectivity index (χ2v) is 7.40. The molecule has 1 heterocycles. The first kappa shape index (κ1) is 20.9. The van der Waals surface area contributed by atoms with Gasteiger partial charge in [0.15, 0.2) is 11.7 Å². The molecule has 1 saturated heterocycles. The van der Waals surface area contributed by atoms with Gasteiger partial charge in [0.25, 0.3) is 0 Å². The number of guanidine groups is 1. The maximum absolute atomic E-state index is 11.8. The van der Waals surface area contributed by atoms with E-state index in [-0.39, 0.29) is 24.3 Å². The second kappa shape index (κ2) is 10.1. The topological polar surface area (TPSA) is 84.4 Å². The van der Waals surface area contributed by atoms with E-state index in [1.165, 1.54) is 4.90 Å². The van der Waals surface area contributed by atoms with Crippen LogP contribution in [-0.4, -0.2) is 82.7 Å². The summed E-state index contributed by atoms with van der Waals surface area (Å²) >= 11 is 0. The van der Waals surface area contributed by atoms with Gasteiger partial charge >= 0.3 is 0 Å². The number of methoxy groups -OCH3 is 1. The van der Waals surface area contributed by atoms with Crippen LogP contribution in [0.1, 0.15) is 32.6 Å². The summed E-state index contributed by atoms with van der Waals surface area (Å²) in [7, 11) is 5.09. The Morgan fingerprint density at radius 2 is 2.04 bits per heavy atom. The molecule has 1 unspecified atom stereocenters. The van der Waals surface area contributed by atoms with E-state index in [0.29, 0.717) is 32.3 Å². The van der Waals surface area contributed by atoms with E-state index >= 15 is 0 Å². The van der Waals surface area contributed by atoms with Crippen LogP contribution in [0.5, 0.6) is 0 Å². The Labute approximate surface area is 156 Å². The fourth-order valence-corrected chi connectivity index (χ4v) is 3.13. The van der Waals surface area contributed by atoms with E-state index in [2.05, 4.69) is 22.5 Å². The largest absolute Gasteiger partial charge is 0.383 e. The Morgan fingerprint density at radius 3 is 2.69 bits per heavy atom. The van der Waals surface area contributed by atoms with Gasteiger partial charge in [0, 0.05) is 47.1 Å². The molecule has 8 heteroatoms. The summed E-state index contributed by atoms with van der Waals surface area (Å²) in [5, 5.41) is 6.42. The van der Waals surface area contributed by atoms with Crippen molar-refractivity contribution >= 4 is 11.9 Å². The first-order valence-electron chi connectivity index (χ1n) is 9.47. The van der Waals surface area contributed by atoms with Gasteiger partial charge < -0.3 is 29.7 Å². The third kappa shape index (κ3) is 6.41. The summed E-state index contributed by atoms with van der Waals surface area (Å²) in [6.45, 7) is 4.73. The smallest absolute Gasteiger partial charge is 0.243 e. The van der Waals surface area contributed by atoms with Crippen LogP contribution in [-0.2, 0) is 19.0 Å². The molecule has 2 rings (SSSR count). The summed E-state index contributed by atoms with van der Waals surface area (Å²) in [5.74, 6) is 0.899. The number of nitrogens with one attached hydrogen (secondary N) is 2. The van der Waals surface area contributed by atoms with Crippen LogP contribution in [0, 0.1) is 5.92 Å². The molecule has 0 radical (unpaired) electrons. The van der Waals surface area contributed by atoms with E-state index < -0.39 is 0 Å². The lowest BCUT2D eigenvalue weighted by Gasteiger charge is -2.34. The zero-order chi connectivity index (χ0) is 19.0. The van der Waals surface area contributed by atoms with Crippen LogP contribution >= 0.6 is 0 Å². The van der Waals surface area contributed by atoms with Crippen molar-refractivity contribution in [3.05, 3.63) is 0 Å². The third-order valence-electron chi connectivity index (χ3n) is 4.92. The normalized spacial score (nSPS) is 29.0. The zero-order valence-electron chi connectivity index (χ0n) is 16.5. The average molecular weight is 370 g/mol. The molecule has 0 aromatic heterocycles. The Hall–Kier alpha value is -1.38. The summed E-state index contributed by atoms with van der Waals surface area (Å²) in [6, 6.07) is 0. The van der Waals surface area contributed by atoms with E-state index in [9.17, 15) is 4.79 Å². The molecule has 1 aliphatic heterocycles. The predicted octanol–water partition coefficient (Wildman–Crippen LogP) is 0.578. The lowest BCUT2D eigenvalue weighted by atomic mass is 9.86. The minimum atomic E-state index is -0.388. The van der Waals surface area contributed by atoms with Crippen LogP contribution in [0.2, 0.25) is 0 Å². The maximum atomic E-state index is 11.8. The molecule has 150 valence electrons. The van der Waals surface area contributed by atoms with Gasteiger partial charge in [0.1, 0.15) is 12.6 Å². The number of carbonyl (C=O) groups is 1. The number of ether oxygens (including phenoxy) is 3. The van der Waals surface area contributed by atoms with Gasteiger partial charge in [-0.3, -0.25) is 4.79 Å². The van der Waals surface area contributed by atoms with Crippen molar-refractivity contribution in [3.8, 4) is 0 Å². The van der Waals surface area contributed by atoms with Crippen LogP contribution in [0.15, 0.2) is 4.99 Å². The molecule has 1 atom stereocenters. The first-order chi connectivity index (χ1) is 12.4. The Morgan fingerprint density at radius 1 is 1.31 bits per heavy atom. The molecular formula is C18H34N4O4. The monoisotopic (exact) mass is 370 g/mol. The number of hydrogen-bond donors (Lipinski definition) is 2. The van der Waals surface area contributed by atoms with Crippen molar-refractivity contribution in [2.24, 2.45) is 10.9 Å². The van der Waals surface area contributed by atoms with Gasteiger partial charge in [-0.1, -0.05) is 6.92 Å². The van der Waals surface area contributed by atoms with Gasteiger partial charge in [0.05, 0.1) is 13.2 Å². The highest BCUT2D eigenvalue weighted by Crippen LogP contribution is 2.39. The molecule has 1 aliphatic carbocycles. The van der Waals surface area contributed by atoms with E-state index in [4.69, 9.17) is 14.2 Å². The van der Waals surface area contributed by atoms with E-state index in [1.807, 2.05) is 0 Å². The van der Waals surface area contributed by atoms with Crippen LogP contribution < -0.4 is 10.6 Å². The highest BCUT2D eigenvalue weighted by atomic mass is 16.7. The van der Waals surface area contributed by atoms with Crippen molar-refractivity contribution in [3.63, 3.8) is 0 Å². The summed E-state index contributed by atoms with van der Waals surface area (Å²) in [4.78, 5) is 17.6. The molecule has 0 bridgehead atoms. The highest BCUT2D eigenvalue weighted by molar-refractivity contribution is 5.84. The molecule has 8 nitrogen and oxygen atoms in total. The lowest BCUT2D eigenvalue weighted by Crippen LogP contribution is -2.44. The van der Waals surface area contributed by atoms with Crippen LogP contribution in [0.3, 0.4) is 0 Å². The van der Waals surface area contributed by atoms with Gasteiger partial charge in [-0.25, -0.2) is 4.99 Å².